The van der Waals surface area contributed by atoms with Crippen LogP contribution in [-0.2, 0) is 4.79 Å². The molecule has 0 atom stereocenters. The molecule has 2 fully saturated rings. The topological polar surface area (TPSA) is 74.3 Å². The Hall–Kier alpha value is -1.80. The van der Waals surface area contributed by atoms with Crippen molar-refractivity contribution < 1.29 is 9.59 Å². The summed E-state index contributed by atoms with van der Waals surface area (Å²) in [6, 6.07) is 8.79. The average Bonchev–Trinajstić information content (AvgIpc) is 2.82. The van der Waals surface area contributed by atoms with E-state index < -0.39 is 5.91 Å². The molecule has 6 nitrogen and oxygen atoms in total. The Morgan fingerprint density at radius 1 is 0.969 bits per heavy atom. The van der Waals surface area contributed by atoms with Gasteiger partial charge in [-0.2, -0.15) is 11.8 Å². The number of aromatic nitrogens is 1. The van der Waals surface area contributed by atoms with E-state index in [4.69, 9.17) is 23.2 Å². The Morgan fingerprint density at radius 2 is 1.69 bits per heavy atom. The maximum Gasteiger partial charge on any atom is 0.258 e. The quantitative estimate of drug-likeness (QED) is 0.600. The summed E-state index contributed by atoms with van der Waals surface area (Å²) in [4.78, 5) is 32.5. The lowest BCUT2D eigenvalue weighted by atomic mass is 9.93. The lowest BCUT2D eigenvalue weighted by Crippen LogP contribution is -2.45. The van der Waals surface area contributed by atoms with Gasteiger partial charge in [-0.05, 0) is 80.6 Å². The van der Waals surface area contributed by atoms with Crippen LogP contribution in [0, 0.1) is 5.92 Å². The molecule has 2 aliphatic rings. The zero-order valence-electron chi connectivity index (χ0n) is 17.7. The molecule has 0 unspecified atom stereocenters. The summed E-state index contributed by atoms with van der Waals surface area (Å²) >= 11 is 14.0. The van der Waals surface area contributed by atoms with E-state index in [1.807, 2.05) is 11.8 Å². The third-order valence-corrected chi connectivity index (χ3v) is 7.57. The number of likely N-dealkylation sites (tertiary alicyclic amines) is 1. The van der Waals surface area contributed by atoms with E-state index in [2.05, 4.69) is 20.5 Å². The van der Waals surface area contributed by atoms with Gasteiger partial charge in [0.25, 0.3) is 5.91 Å². The third-order valence-electron chi connectivity index (χ3n) is 6.06. The summed E-state index contributed by atoms with van der Waals surface area (Å²) in [6.07, 6.45) is 5.61. The van der Waals surface area contributed by atoms with Gasteiger partial charge in [-0.25, -0.2) is 4.98 Å². The number of thioether (sulfide) groups is 1. The maximum absolute atomic E-state index is 13.0. The predicted molar refractivity (Wildman–Crippen MR) is 132 cm³/mol. The number of carbonyl (C=O) groups excluding carboxylic acids is 2. The molecule has 170 valence electrons. The molecule has 3 heterocycles. The van der Waals surface area contributed by atoms with Crippen molar-refractivity contribution in [3.8, 4) is 0 Å². The van der Waals surface area contributed by atoms with Gasteiger partial charge < -0.3 is 15.5 Å². The van der Waals surface area contributed by atoms with Crippen molar-refractivity contribution in [2.75, 3.05) is 35.2 Å². The SMILES string of the molecule is O=C(Nc1ccc(Cl)cn1)c1cc(Cl)ccc1NC(=O)C1CCN(C2CCSCC2)CC1. The number of anilines is 2. The highest BCUT2D eigenvalue weighted by atomic mass is 35.5. The van der Waals surface area contributed by atoms with Crippen molar-refractivity contribution in [3.05, 3.63) is 52.1 Å². The fourth-order valence-corrected chi connectivity index (χ4v) is 5.62. The molecule has 0 bridgehead atoms. The van der Waals surface area contributed by atoms with E-state index in [-0.39, 0.29) is 11.8 Å². The minimum Gasteiger partial charge on any atom is -0.325 e. The van der Waals surface area contributed by atoms with Crippen LogP contribution in [0.2, 0.25) is 10.0 Å². The van der Waals surface area contributed by atoms with Gasteiger partial charge in [0.1, 0.15) is 5.82 Å². The van der Waals surface area contributed by atoms with E-state index in [1.54, 1.807) is 30.3 Å². The van der Waals surface area contributed by atoms with Crippen molar-refractivity contribution in [1.29, 1.82) is 0 Å². The van der Waals surface area contributed by atoms with E-state index in [0.717, 1.165) is 25.9 Å². The first-order valence-corrected chi connectivity index (χ1v) is 12.8. The molecular formula is C23H26Cl2N4O2S. The standard InChI is InChI=1S/C23H26Cl2N4O2S/c24-16-1-3-20(19(13-16)23(31)28-21-4-2-17(25)14-26-21)27-22(30)15-5-9-29(10-6-15)18-7-11-32-12-8-18/h1-4,13-15,18H,5-12H2,(H,27,30)(H,26,28,31). The second-order valence-corrected chi connectivity index (χ2v) is 10.2. The van der Waals surface area contributed by atoms with Crippen LogP contribution in [0.4, 0.5) is 11.5 Å². The van der Waals surface area contributed by atoms with Crippen LogP contribution in [0.3, 0.4) is 0 Å². The molecule has 1 aromatic heterocycles. The van der Waals surface area contributed by atoms with Gasteiger partial charge in [0.2, 0.25) is 5.91 Å². The van der Waals surface area contributed by atoms with E-state index in [9.17, 15) is 9.59 Å². The lowest BCUT2D eigenvalue weighted by molar-refractivity contribution is -0.121. The van der Waals surface area contributed by atoms with Gasteiger partial charge in [0.15, 0.2) is 0 Å². The minimum atomic E-state index is -0.400. The number of halogens is 2. The molecule has 0 saturated carbocycles. The number of rotatable bonds is 5. The van der Waals surface area contributed by atoms with Crippen LogP contribution in [-0.4, -0.2) is 52.3 Å². The minimum absolute atomic E-state index is 0.0511. The first-order chi connectivity index (χ1) is 15.5. The number of piperidine rings is 1. The third kappa shape index (κ3) is 5.95. The molecule has 1 aromatic carbocycles. The van der Waals surface area contributed by atoms with Crippen LogP contribution in [0.25, 0.3) is 0 Å². The van der Waals surface area contributed by atoms with Gasteiger partial charge in [0.05, 0.1) is 16.3 Å². The van der Waals surface area contributed by atoms with Crippen LogP contribution in [0.5, 0.6) is 0 Å². The summed E-state index contributed by atoms with van der Waals surface area (Å²) in [6.45, 7) is 1.90. The predicted octanol–water partition coefficient (Wildman–Crippen LogP) is 5.19. The van der Waals surface area contributed by atoms with Gasteiger partial charge in [-0.15, -0.1) is 0 Å². The van der Waals surface area contributed by atoms with E-state index in [0.29, 0.717) is 33.2 Å². The monoisotopic (exact) mass is 492 g/mol. The van der Waals surface area contributed by atoms with Gasteiger partial charge in [-0.1, -0.05) is 23.2 Å². The van der Waals surface area contributed by atoms with Crippen LogP contribution in [0.1, 0.15) is 36.0 Å². The second-order valence-electron chi connectivity index (χ2n) is 8.15. The van der Waals surface area contributed by atoms with Crippen LogP contribution >= 0.6 is 35.0 Å². The summed E-state index contributed by atoms with van der Waals surface area (Å²) < 4.78 is 0. The molecular weight excluding hydrogens is 467 g/mol. The van der Waals surface area contributed by atoms with Gasteiger partial charge >= 0.3 is 0 Å². The van der Waals surface area contributed by atoms with Gasteiger partial charge in [0, 0.05) is 23.2 Å². The zero-order chi connectivity index (χ0) is 22.5. The van der Waals surface area contributed by atoms with Crippen molar-refractivity contribution in [2.45, 2.75) is 31.7 Å². The normalized spacial score (nSPS) is 18.3. The number of carbonyl (C=O) groups is 2. The highest BCUT2D eigenvalue weighted by Gasteiger charge is 2.30. The van der Waals surface area contributed by atoms with E-state index in [1.165, 1.54) is 30.5 Å². The fourth-order valence-electron chi connectivity index (χ4n) is 4.26. The second kappa shape index (κ2) is 10.9. The number of amides is 2. The highest BCUT2D eigenvalue weighted by molar-refractivity contribution is 7.99. The molecule has 2 aliphatic heterocycles. The summed E-state index contributed by atoms with van der Waals surface area (Å²) in [5, 5.41) is 6.57. The first kappa shape index (κ1) is 23.4. The zero-order valence-corrected chi connectivity index (χ0v) is 20.0. The van der Waals surface area contributed by atoms with Crippen molar-refractivity contribution >= 4 is 58.3 Å². The Labute approximate surface area is 202 Å². The molecule has 2 saturated heterocycles. The van der Waals surface area contributed by atoms with Crippen molar-refractivity contribution in [1.82, 2.24) is 9.88 Å². The van der Waals surface area contributed by atoms with E-state index >= 15 is 0 Å². The molecule has 32 heavy (non-hydrogen) atoms. The fraction of sp³-hybridized carbons (Fsp3) is 0.435. The first-order valence-electron chi connectivity index (χ1n) is 10.8. The Bertz CT molecular complexity index is 959. The number of benzene rings is 1. The molecule has 2 aromatic rings. The summed E-state index contributed by atoms with van der Waals surface area (Å²) in [7, 11) is 0. The summed E-state index contributed by atoms with van der Waals surface area (Å²) in [5.74, 6) is 2.32. The number of nitrogens with zero attached hydrogens (tertiary/aromatic N) is 2. The number of pyridine rings is 1. The Balaban J connectivity index is 1.39. The molecule has 0 aliphatic carbocycles. The molecule has 2 N–H and O–H groups in total. The number of nitrogens with one attached hydrogen (secondary N) is 2. The molecule has 4 rings (SSSR count). The van der Waals surface area contributed by atoms with Crippen molar-refractivity contribution in [3.63, 3.8) is 0 Å². The Morgan fingerprint density at radius 3 is 2.38 bits per heavy atom. The molecule has 0 spiro atoms. The number of hydrogen-bond donors (Lipinski definition) is 2. The Kier molecular flexibility index (Phi) is 7.94. The average molecular weight is 493 g/mol. The smallest absolute Gasteiger partial charge is 0.258 e. The molecule has 9 heteroatoms. The van der Waals surface area contributed by atoms with Crippen LogP contribution in [0.15, 0.2) is 36.5 Å². The highest BCUT2D eigenvalue weighted by Crippen LogP contribution is 2.28. The van der Waals surface area contributed by atoms with Crippen molar-refractivity contribution in [2.24, 2.45) is 5.92 Å². The largest absolute Gasteiger partial charge is 0.325 e. The maximum atomic E-state index is 13.0. The lowest BCUT2D eigenvalue weighted by Gasteiger charge is -2.38. The van der Waals surface area contributed by atoms with Gasteiger partial charge in [-0.3, -0.25) is 9.59 Å². The number of hydrogen-bond acceptors (Lipinski definition) is 5. The molecule has 2 amide bonds. The van der Waals surface area contributed by atoms with Crippen LogP contribution < -0.4 is 10.6 Å². The summed E-state index contributed by atoms with van der Waals surface area (Å²) in [5.41, 5.74) is 0.734. The molecule has 0 radical (unpaired) electrons.